The van der Waals surface area contributed by atoms with Gasteiger partial charge in [0.2, 0.25) is 5.95 Å². The number of aromatic nitrogens is 2. The molecular weight excluding hydrogens is 387 g/mol. The van der Waals surface area contributed by atoms with Crippen LogP contribution in [0.3, 0.4) is 0 Å². The van der Waals surface area contributed by atoms with E-state index in [-0.39, 0.29) is 17.4 Å². The van der Waals surface area contributed by atoms with Gasteiger partial charge in [0.25, 0.3) is 0 Å². The minimum absolute atomic E-state index is 0.0274. The Morgan fingerprint density at radius 3 is 2.48 bits per heavy atom. The zero-order valence-corrected chi connectivity index (χ0v) is 15.6. The van der Waals surface area contributed by atoms with Gasteiger partial charge in [-0.3, -0.25) is 9.89 Å². The molecule has 0 atom stereocenters. The highest BCUT2D eigenvalue weighted by molar-refractivity contribution is 5.93. The Morgan fingerprint density at radius 1 is 1.10 bits per heavy atom. The van der Waals surface area contributed by atoms with E-state index >= 15 is 0 Å². The topological polar surface area (TPSA) is 91.9 Å². The first-order valence-corrected chi connectivity index (χ1v) is 9.07. The fourth-order valence-corrected chi connectivity index (χ4v) is 2.90. The SMILES string of the molecule is NC(=NCCN1CCN(c2ncccn2)CC1)Nc1ccccc1OC(F)(F)F. The lowest BCUT2D eigenvalue weighted by molar-refractivity contribution is -0.274. The van der Waals surface area contributed by atoms with E-state index in [1.54, 1.807) is 24.5 Å². The van der Waals surface area contributed by atoms with E-state index in [9.17, 15) is 13.2 Å². The van der Waals surface area contributed by atoms with Crippen molar-refractivity contribution in [1.82, 2.24) is 14.9 Å². The van der Waals surface area contributed by atoms with Crippen molar-refractivity contribution < 1.29 is 17.9 Å². The van der Waals surface area contributed by atoms with Crippen LogP contribution in [0.2, 0.25) is 0 Å². The number of rotatable bonds is 6. The highest BCUT2D eigenvalue weighted by Crippen LogP contribution is 2.29. The van der Waals surface area contributed by atoms with Gasteiger partial charge in [-0.05, 0) is 18.2 Å². The third kappa shape index (κ3) is 6.49. The van der Waals surface area contributed by atoms with Gasteiger partial charge in [-0.2, -0.15) is 0 Å². The number of alkyl halides is 3. The molecule has 8 nitrogen and oxygen atoms in total. The van der Waals surface area contributed by atoms with Gasteiger partial charge in [-0.1, -0.05) is 12.1 Å². The molecule has 1 aromatic heterocycles. The second-order valence-electron chi connectivity index (χ2n) is 6.31. The van der Waals surface area contributed by atoms with Crippen molar-refractivity contribution in [3.63, 3.8) is 0 Å². The van der Waals surface area contributed by atoms with E-state index in [0.29, 0.717) is 13.1 Å². The molecule has 0 amide bonds. The zero-order valence-electron chi connectivity index (χ0n) is 15.6. The van der Waals surface area contributed by atoms with Crippen LogP contribution in [0.15, 0.2) is 47.7 Å². The largest absolute Gasteiger partial charge is 0.573 e. The van der Waals surface area contributed by atoms with Crippen molar-refractivity contribution in [3.8, 4) is 5.75 Å². The number of aliphatic imine (C=N–C) groups is 1. The van der Waals surface area contributed by atoms with Crippen molar-refractivity contribution in [1.29, 1.82) is 0 Å². The number of hydrogen-bond donors (Lipinski definition) is 2. The molecule has 1 fully saturated rings. The number of nitrogens with two attached hydrogens (primary N) is 1. The fraction of sp³-hybridized carbons (Fsp3) is 0.389. The van der Waals surface area contributed by atoms with Gasteiger partial charge in [0.05, 0.1) is 12.2 Å². The van der Waals surface area contributed by atoms with Crippen molar-refractivity contribution in [2.45, 2.75) is 6.36 Å². The monoisotopic (exact) mass is 409 g/mol. The summed E-state index contributed by atoms with van der Waals surface area (Å²) >= 11 is 0. The number of ether oxygens (including phenoxy) is 1. The fourth-order valence-electron chi connectivity index (χ4n) is 2.90. The number of benzene rings is 1. The second-order valence-corrected chi connectivity index (χ2v) is 6.31. The molecule has 0 saturated carbocycles. The molecule has 29 heavy (non-hydrogen) atoms. The number of guanidine groups is 1. The van der Waals surface area contributed by atoms with Crippen LogP contribution in [0, 0.1) is 0 Å². The molecule has 2 aromatic rings. The molecule has 0 spiro atoms. The number of anilines is 2. The van der Waals surface area contributed by atoms with Crippen LogP contribution in [-0.2, 0) is 0 Å². The first kappa shape index (κ1) is 20.6. The third-order valence-electron chi connectivity index (χ3n) is 4.28. The van der Waals surface area contributed by atoms with Crippen LogP contribution < -0.4 is 20.7 Å². The predicted molar refractivity (Wildman–Crippen MR) is 104 cm³/mol. The lowest BCUT2D eigenvalue weighted by Crippen LogP contribution is -2.47. The molecule has 0 bridgehead atoms. The first-order valence-electron chi connectivity index (χ1n) is 9.07. The van der Waals surface area contributed by atoms with Crippen molar-refractivity contribution in [2.24, 2.45) is 10.7 Å². The van der Waals surface area contributed by atoms with E-state index in [2.05, 4.69) is 34.8 Å². The van der Waals surface area contributed by atoms with Crippen LogP contribution in [0.25, 0.3) is 0 Å². The minimum Gasteiger partial charge on any atom is -0.404 e. The zero-order chi connectivity index (χ0) is 20.7. The minimum atomic E-state index is -4.78. The lowest BCUT2D eigenvalue weighted by Gasteiger charge is -2.34. The molecule has 1 aliphatic rings. The van der Waals surface area contributed by atoms with Gasteiger partial charge in [-0.25, -0.2) is 9.97 Å². The van der Waals surface area contributed by atoms with Gasteiger partial charge in [-0.15, -0.1) is 13.2 Å². The van der Waals surface area contributed by atoms with Gasteiger partial charge >= 0.3 is 6.36 Å². The summed E-state index contributed by atoms with van der Waals surface area (Å²) in [6.07, 6.45) is -1.34. The summed E-state index contributed by atoms with van der Waals surface area (Å²) in [5.74, 6) is 0.385. The molecule has 3 rings (SSSR count). The van der Waals surface area contributed by atoms with E-state index in [4.69, 9.17) is 5.73 Å². The predicted octanol–water partition coefficient (Wildman–Crippen LogP) is 1.92. The molecule has 1 aliphatic heterocycles. The van der Waals surface area contributed by atoms with Crippen LogP contribution in [0.4, 0.5) is 24.8 Å². The van der Waals surface area contributed by atoms with E-state index < -0.39 is 6.36 Å². The van der Waals surface area contributed by atoms with E-state index in [1.807, 2.05) is 0 Å². The summed E-state index contributed by atoms with van der Waals surface area (Å²) in [7, 11) is 0. The molecule has 2 heterocycles. The number of halogens is 3. The Balaban J connectivity index is 1.46. The van der Waals surface area contributed by atoms with Crippen LogP contribution >= 0.6 is 0 Å². The highest BCUT2D eigenvalue weighted by atomic mass is 19.4. The summed E-state index contributed by atoms with van der Waals surface area (Å²) in [5.41, 5.74) is 5.91. The summed E-state index contributed by atoms with van der Waals surface area (Å²) < 4.78 is 41.4. The van der Waals surface area contributed by atoms with Gasteiger partial charge in [0.1, 0.15) is 0 Å². The second kappa shape index (κ2) is 9.41. The number of para-hydroxylation sites is 2. The Labute approximate surface area is 166 Å². The van der Waals surface area contributed by atoms with Crippen LogP contribution in [0.5, 0.6) is 5.75 Å². The Bertz CT molecular complexity index is 809. The molecule has 0 radical (unpaired) electrons. The maximum Gasteiger partial charge on any atom is 0.573 e. The lowest BCUT2D eigenvalue weighted by atomic mass is 10.3. The van der Waals surface area contributed by atoms with Crippen molar-refractivity contribution in [2.75, 3.05) is 49.5 Å². The summed E-state index contributed by atoms with van der Waals surface area (Å²) in [6.45, 7) is 4.40. The average molecular weight is 409 g/mol. The first-order chi connectivity index (χ1) is 13.9. The van der Waals surface area contributed by atoms with Crippen molar-refractivity contribution in [3.05, 3.63) is 42.7 Å². The number of piperazine rings is 1. The molecule has 0 unspecified atom stereocenters. The Hall–Kier alpha value is -3.08. The summed E-state index contributed by atoms with van der Waals surface area (Å²) in [6, 6.07) is 7.45. The Kier molecular flexibility index (Phi) is 6.70. The normalized spacial score (nSPS) is 16.0. The average Bonchev–Trinajstić information content (AvgIpc) is 2.70. The van der Waals surface area contributed by atoms with Gasteiger partial charge in [0.15, 0.2) is 11.7 Å². The highest BCUT2D eigenvalue weighted by Gasteiger charge is 2.32. The van der Waals surface area contributed by atoms with Gasteiger partial charge in [0, 0.05) is 45.1 Å². The molecular formula is C18H22F3N7O. The molecule has 156 valence electrons. The van der Waals surface area contributed by atoms with E-state index in [0.717, 1.165) is 32.1 Å². The standard InChI is InChI=1S/C18H22F3N7O/c19-18(20,21)29-15-5-2-1-4-14(15)26-16(22)23-8-9-27-10-12-28(13-11-27)17-24-6-3-7-25-17/h1-7H,8-13H2,(H3,22,23,26). The smallest absolute Gasteiger partial charge is 0.404 e. The number of hydrogen-bond acceptors (Lipinski definition) is 6. The molecule has 11 heteroatoms. The van der Waals surface area contributed by atoms with Gasteiger partial charge < -0.3 is 20.7 Å². The van der Waals surface area contributed by atoms with Crippen LogP contribution in [-0.4, -0.2) is 66.5 Å². The van der Waals surface area contributed by atoms with E-state index in [1.165, 1.54) is 18.2 Å². The molecule has 0 aliphatic carbocycles. The van der Waals surface area contributed by atoms with Crippen LogP contribution in [0.1, 0.15) is 0 Å². The third-order valence-corrected chi connectivity index (χ3v) is 4.28. The quantitative estimate of drug-likeness (QED) is 0.556. The Morgan fingerprint density at radius 2 is 1.79 bits per heavy atom. The number of nitrogens with one attached hydrogen (secondary N) is 1. The molecule has 1 aromatic carbocycles. The summed E-state index contributed by atoms with van der Waals surface area (Å²) in [5, 5.41) is 2.66. The summed E-state index contributed by atoms with van der Waals surface area (Å²) in [4.78, 5) is 17.0. The maximum absolute atomic E-state index is 12.5. The van der Waals surface area contributed by atoms with Crippen molar-refractivity contribution >= 4 is 17.6 Å². The molecule has 3 N–H and O–H groups in total. The molecule has 1 saturated heterocycles. The number of nitrogens with zero attached hydrogens (tertiary/aromatic N) is 5. The maximum atomic E-state index is 12.5.